The molecule has 0 aliphatic rings. The largest absolute Gasteiger partial charge is 0.481 e. The van der Waals surface area contributed by atoms with Crippen molar-refractivity contribution in [3.8, 4) is 11.9 Å². The Morgan fingerprint density at radius 2 is 2.24 bits per heavy atom. The minimum Gasteiger partial charge on any atom is -0.481 e. The van der Waals surface area contributed by atoms with E-state index in [1.165, 1.54) is 25.3 Å². The van der Waals surface area contributed by atoms with Crippen molar-refractivity contribution >= 4 is 11.4 Å². The second-order valence-corrected chi connectivity index (χ2v) is 4.13. The second kappa shape index (κ2) is 6.34. The van der Waals surface area contributed by atoms with Gasteiger partial charge in [0.05, 0.1) is 35.9 Å². The summed E-state index contributed by atoms with van der Waals surface area (Å²) in [6.07, 6.45) is 0. The number of ether oxygens (including phenoxy) is 1. The zero-order valence-electron chi connectivity index (χ0n) is 11.2. The van der Waals surface area contributed by atoms with Gasteiger partial charge in [-0.15, -0.1) is 0 Å². The summed E-state index contributed by atoms with van der Waals surface area (Å²) in [5, 5.41) is 22.8. The van der Waals surface area contributed by atoms with Gasteiger partial charge in [-0.3, -0.25) is 10.1 Å². The van der Waals surface area contributed by atoms with Crippen LogP contribution >= 0.6 is 0 Å². The Balaban J connectivity index is 2.22. The van der Waals surface area contributed by atoms with E-state index in [9.17, 15) is 10.1 Å². The van der Waals surface area contributed by atoms with Crippen LogP contribution in [-0.2, 0) is 6.54 Å². The minimum atomic E-state index is -0.498. The highest BCUT2D eigenvalue weighted by atomic mass is 16.6. The van der Waals surface area contributed by atoms with Crippen molar-refractivity contribution in [1.82, 2.24) is 4.98 Å². The zero-order valence-corrected chi connectivity index (χ0v) is 11.2. The van der Waals surface area contributed by atoms with Crippen molar-refractivity contribution in [2.75, 3.05) is 12.4 Å². The molecule has 1 aromatic heterocycles. The topological polar surface area (TPSA) is 101 Å². The highest BCUT2D eigenvalue weighted by Gasteiger charge is 2.14. The van der Waals surface area contributed by atoms with Gasteiger partial charge in [-0.05, 0) is 18.2 Å². The average molecular weight is 284 g/mol. The number of hydrogen-bond acceptors (Lipinski definition) is 6. The standard InChI is InChI=1S/C14H12N4O3/c1-21-14-4-2-3-11(17-14)9-16-12-7-10(8-15)5-6-13(12)18(19)20/h2-7,16H,9H2,1H3. The molecule has 0 radical (unpaired) electrons. The second-order valence-electron chi connectivity index (χ2n) is 4.13. The molecule has 2 rings (SSSR count). The van der Waals surface area contributed by atoms with Crippen LogP contribution in [0.3, 0.4) is 0 Å². The number of benzene rings is 1. The summed E-state index contributed by atoms with van der Waals surface area (Å²) in [7, 11) is 1.51. The molecule has 1 N–H and O–H groups in total. The third-order valence-corrected chi connectivity index (χ3v) is 2.77. The van der Waals surface area contributed by atoms with Gasteiger partial charge in [0.1, 0.15) is 5.69 Å². The van der Waals surface area contributed by atoms with Gasteiger partial charge in [0, 0.05) is 12.1 Å². The molecule has 1 heterocycles. The third kappa shape index (κ3) is 3.45. The molecular weight excluding hydrogens is 272 g/mol. The molecule has 0 fully saturated rings. The van der Waals surface area contributed by atoms with Gasteiger partial charge in [-0.1, -0.05) is 6.07 Å². The zero-order chi connectivity index (χ0) is 15.2. The van der Waals surface area contributed by atoms with Gasteiger partial charge in [0.25, 0.3) is 5.69 Å². The number of nitro benzene ring substituents is 1. The van der Waals surface area contributed by atoms with Crippen LogP contribution < -0.4 is 10.1 Å². The summed E-state index contributed by atoms with van der Waals surface area (Å²) in [5.74, 6) is 0.467. The molecule has 0 aliphatic carbocycles. The molecule has 0 aliphatic heterocycles. The fourth-order valence-corrected chi connectivity index (χ4v) is 1.76. The van der Waals surface area contributed by atoms with E-state index in [0.29, 0.717) is 17.1 Å². The van der Waals surface area contributed by atoms with Crippen LogP contribution in [0.25, 0.3) is 0 Å². The number of nitriles is 1. The molecule has 0 saturated heterocycles. The van der Waals surface area contributed by atoms with E-state index in [0.717, 1.165) is 0 Å². The number of rotatable bonds is 5. The predicted octanol–water partition coefficient (Wildman–Crippen LogP) is 2.48. The quantitative estimate of drug-likeness (QED) is 0.668. The SMILES string of the molecule is COc1cccc(CNc2cc(C#N)ccc2[N+](=O)[O-])n1. The van der Waals surface area contributed by atoms with Gasteiger partial charge in [0.15, 0.2) is 0 Å². The Morgan fingerprint density at radius 1 is 1.43 bits per heavy atom. The molecule has 0 amide bonds. The first-order valence-electron chi connectivity index (χ1n) is 6.06. The molecule has 0 spiro atoms. The number of hydrogen-bond donors (Lipinski definition) is 1. The Bertz CT molecular complexity index is 710. The average Bonchev–Trinajstić information content (AvgIpc) is 2.52. The Labute approximate surface area is 121 Å². The summed E-state index contributed by atoms with van der Waals surface area (Å²) in [6, 6.07) is 11.4. The number of pyridine rings is 1. The van der Waals surface area contributed by atoms with Crippen molar-refractivity contribution < 1.29 is 9.66 Å². The Morgan fingerprint density at radius 3 is 2.90 bits per heavy atom. The van der Waals surface area contributed by atoms with Crippen molar-refractivity contribution in [2.45, 2.75) is 6.54 Å². The lowest BCUT2D eigenvalue weighted by molar-refractivity contribution is -0.384. The van der Waals surface area contributed by atoms with Crippen LogP contribution in [0, 0.1) is 21.4 Å². The molecule has 2 aromatic rings. The van der Waals surface area contributed by atoms with Crippen LogP contribution in [-0.4, -0.2) is 17.0 Å². The smallest absolute Gasteiger partial charge is 0.292 e. The summed E-state index contributed by atoms with van der Waals surface area (Å²) in [5.41, 5.74) is 1.22. The lowest BCUT2D eigenvalue weighted by Crippen LogP contribution is -2.05. The summed E-state index contributed by atoms with van der Waals surface area (Å²) >= 11 is 0. The molecule has 7 nitrogen and oxygen atoms in total. The molecule has 0 atom stereocenters. The van der Waals surface area contributed by atoms with E-state index in [-0.39, 0.29) is 17.9 Å². The van der Waals surface area contributed by atoms with Crippen molar-refractivity contribution in [3.05, 3.63) is 57.8 Å². The van der Waals surface area contributed by atoms with E-state index in [1.807, 2.05) is 6.07 Å². The third-order valence-electron chi connectivity index (χ3n) is 2.77. The van der Waals surface area contributed by atoms with E-state index in [1.54, 1.807) is 18.2 Å². The van der Waals surface area contributed by atoms with Gasteiger partial charge in [-0.2, -0.15) is 5.26 Å². The number of aromatic nitrogens is 1. The lowest BCUT2D eigenvalue weighted by Gasteiger charge is -2.08. The number of nitrogens with one attached hydrogen (secondary N) is 1. The molecule has 1 aromatic carbocycles. The van der Waals surface area contributed by atoms with Crippen molar-refractivity contribution in [3.63, 3.8) is 0 Å². The number of anilines is 1. The van der Waals surface area contributed by atoms with Crippen LogP contribution in [0.5, 0.6) is 5.88 Å². The first-order valence-corrected chi connectivity index (χ1v) is 6.06. The first kappa shape index (κ1) is 14.3. The van der Waals surface area contributed by atoms with Crippen LogP contribution in [0.2, 0.25) is 0 Å². The van der Waals surface area contributed by atoms with Crippen molar-refractivity contribution in [2.24, 2.45) is 0 Å². The van der Waals surface area contributed by atoms with E-state index >= 15 is 0 Å². The summed E-state index contributed by atoms with van der Waals surface area (Å²) in [6.45, 7) is 0.285. The molecule has 7 heteroatoms. The highest BCUT2D eigenvalue weighted by molar-refractivity contribution is 5.64. The van der Waals surface area contributed by atoms with Crippen LogP contribution in [0.4, 0.5) is 11.4 Å². The predicted molar refractivity (Wildman–Crippen MR) is 75.9 cm³/mol. The maximum absolute atomic E-state index is 11.0. The van der Waals surface area contributed by atoms with Gasteiger partial charge in [0.2, 0.25) is 5.88 Å². The molecule has 21 heavy (non-hydrogen) atoms. The maximum atomic E-state index is 11.0. The van der Waals surface area contributed by atoms with Crippen LogP contribution in [0.15, 0.2) is 36.4 Å². The Kier molecular flexibility index (Phi) is 4.31. The number of methoxy groups -OCH3 is 1. The summed E-state index contributed by atoms with van der Waals surface area (Å²) < 4.78 is 5.02. The lowest BCUT2D eigenvalue weighted by atomic mass is 10.2. The summed E-state index contributed by atoms with van der Waals surface area (Å²) in [4.78, 5) is 14.7. The van der Waals surface area contributed by atoms with Gasteiger partial charge >= 0.3 is 0 Å². The Hall–Kier alpha value is -3.14. The fourth-order valence-electron chi connectivity index (χ4n) is 1.76. The molecule has 0 bridgehead atoms. The molecule has 0 unspecified atom stereocenters. The number of nitrogens with zero attached hydrogens (tertiary/aromatic N) is 3. The number of nitro groups is 1. The maximum Gasteiger partial charge on any atom is 0.292 e. The first-order chi connectivity index (χ1) is 10.1. The molecular formula is C14H12N4O3. The molecule has 0 saturated carbocycles. The van der Waals surface area contributed by atoms with E-state index in [2.05, 4.69) is 10.3 Å². The van der Waals surface area contributed by atoms with Crippen LogP contribution in [0.1, 0.15) is 11.3 Å². The van der Waals surface area contributed by atoms with E-state index < -0.39 is 4.92 Å². The normalized spacial score (nSPS) is 9.71. The minimum absolute atomic E-state index is 0.0862. The monoisotopic (exact) mass is 284 g/mol. The molecule has 106 valence electrons. The van der Waals surface area contributed by atoms with E-state index in [4.69, 9.17) is 10.00 Å². The fraction of sp³-hybridized carbons (Fsp3) is 0.143. The van der Waals surface area contributed by atoms with Crippen molar-refractivity contribution in [1.29, 1.82) is 5.26 Å². The highest BCUT2D eigenvalue weighted by Crippen LogP contribution is 2.25. The van der Waals surface area contributed by atoms with Gasteiger partial charge < -0.3 is 10.1 Å². The van der Waals surface area contributed by atoms with Gasteiger partial charge in [-0.25, -0.2) is 4.98 Å².